The second-order valence-corrected chi connectivity index (χ2v) is 6.24. The van der Waals surface area contributed by atoms with Crippen LogP contribution in [0.4, 0.5) is 4.39 Å². The molecular weight excluding hydrogens is 347 g/mol. The van der Waals surface area contributed by atoms with Crippen molar-refractivity contribution < 1.29 is 24.1 Å². The van der Waals surface area contributed by atoms with E-state index in [2.05, 4.69) is 6.58 Å². The van der Waals surface area contributed by atoms with Gasteiger partial charge in [0.2, 0.25) is 0 Å². The molecule has 0 aromatic heterocycles. The van der Waals surface area contributed by atoms with E-state index < -0.39 is 5.97 Å². The van der Waals surface area contributed by atoms with E-state index in [0.29, 0.717) is 28.7 Å². The number of phenols is 1. The Morgan fingerprint density at radius 1 is 1.19 bits per heavy atom. The van der Waals surface area contributed by atoms with Crippen LogP contribution in [-0.4, -0.2) is 17.7 Å². The minimum Gasteiger partial charge on any atom is -0.507 e. The lowest BCUT2D eigenvalue weighted by atomic mass is 9.92. The number of phenolic OH excluding ortho intramolecular Hbond substituents is 1. The Balaban J connectivity index is 2.53. The molecule has 0 radical (unpaired) electrons. The molecule has 0 heterocycles. The first-order chi connectivity index (χ1) is 12.8. The molecule has 0 aliphatic carbocycles. The van der Waals surface area contributed by atoms with Gasteiger partial charge in [-0.3, -0.25) is 4.89 Å². The molecule has 5 heteroatoms. The van der Waals surface area contributed by atoms with Crippen molar-refractivity contribution in [2.45, 2.75) is 27.2 Å². The van der Waals surface area contributed by atoms with Crippen molar-refractivity contribution in [3.05, 3.63) is 82.7 Å². The molecule has 27 heavy (non-hydrogen) atoms. The minimum atomic E-state index is -0.813. The van der Waals surface area contributed by atoms with Gasteiger partial charge in [-0.15, -0.1) is 0 Å². The summed E-state index contributed by atoms with van der Waals surface area (Å²) in [4.78, 5) is 22.0. The zero-order valence-corrected chi connectivity index (χ0v) is 15.7. The maximum atomic E-state index is 13.2. The van der Waals surface area contributed by atoms with E-state index in [-0.39, 0.29) is 23.7 Å². The lowest BCUT2D eigenvalue weighted by molar-refractivity contribution is -0.237. The number of rotatable bonds is 7. The maximum absolute atomic E-state index is 13.2. The summed E-state index contributed by atoms with van der Waals surface area (Å²) in [6, 6.07) is 9.16. The molecule has 1 N–H and O–H groups in total. The number of hydrogen-bond acceptors (Lipinski definition) is 4. The molecule has 142 valence electrons. The normalized spacial score (nSPS) is 10.4. The van der Waals surface area contributed by atoms with Gasteiger partial charge in [-0.1, -0.05) is 42.5 Å². The molecule has 0 amide bonds. The van der Waals surface area contributed by atoms with Crippen LogP contribution in [0.5, 0.6) is 5.75 Å². The molecule has 0 spiro atoms. The topological polar surface area (TPSA) is 55.8 Å². The number of benzene rings is 2. The van der Waals surface area contributed by atoms with Crippen LogP contribution in [0, 0.1) is 5.82 Å². The maximum Gasteiger partial charge on any atom is 0.377 e. The first-order valence-corrected chi connectivity index (χ1v) is 8.62. The molecule has 0 fully saturated rings. The van der Waals surface area contributed by atoms with Gasteiger partial charge in [0, 0.05) is 5.56 Å². The summed E-state index contributed by atoms with van der Waals surface area (Å²) < 4.78 is 13.2. The van der Waals surface area contributed by atoms with Gasteiger partial charge in [0.15, 0.2) is 0 Å². The zero-order chi connectivity index (χ0) is 20.0. The predicted molar refractivity (Wildman–Crippen MR) is 103 cm³/mol. The van der Waals surface area contributed by atoms with Crippen LogP contribution in [0.1, 0.15) is 47.8 Å². The third-order valence-corrected chi connectivity index (χ3v) is 3.97. The zero-order valence-electron chi connectivity index (χ0n) is 15.7. The third-order valence-electron chi connectivity index (χ3n) is 3.97. The highest BCUT2D eigenvalue weighted by Gasteiger charge is 2.23. The van der Waals surface area contributed by atoms with E-state index in [1.807, 2.05) is 19.9 Å². The van der Waals surface area contributed by atoms with Gasteiger partial charge in [0.25, 0.3) is 0 Å². The van der Waals surface area contributed by atoms with Crippen molar-refractivity contribution in [3.8, 4) is 5.75 Å². The molecular formula is C22H23FO4. The van der Waals surface area contributed by atoms with Crippen molar-refractivity contribution in [2.75, 3.05) is 6.61 Å². The van der Waals surface area contributed by atoms with E-state index in [1.54, 1.807) is 31.2 Å². The van der Waals surface area contributed by atoms with E-state index in [0.717, 1.165) is 5.57 Å². The fourth-order valence-electron chi connectivity index (χ4n) is 2.53. The summed E-state index contributed by atoms with van der Waals surface area (Å²) in [6.45, 7) is 9.76. The molecule has 0 bridgehead atoms. The van der Waals surface area contributed by atoms with Gasteiger partial charge < -0.3 is 5.11 Å². The van der Waals surface area contributed by atoms with Crippen LogP contribution < -0.4 is 0 Å². The molecule has 2 aromatic carbocycles. The number of hydrogen-bond donors (Lipinski definition) is 1. The van der Waals surface area contributed by atoms with E-state index >= 15 is 0 Å². The number of carbonyl (C=O) groups is 1. The SMILES string of the molecule is C=C(c1ccc(F)cc1)c1ccc(CC=C(C)C)c(O)c1C(=O)OOCC. The second-order valence-electron chi connectivity index (χ2n) is 6.24. The summed E-state index contributed by atoms with van der Waals surface area (Å²) in [5.74, 6) is -1.37. The highest BCUT2D eigenvalue weighted by Crippen LogP contribution is 2.34. The Morgan fingerprint density at radius 3 is 2.44 bits per heavy atom. The number of aromatic hydroxyl groups is 1. The van der Waals surface area contributed by atoms with Gasteiger partial charge in [-0.25, -0.2) is 9.18 Å². The van der Waals surface area contributed by atoms with Crippen LogP contribution in [0.25, 0.3) is 5.57 Å². The summed E-state index contributed by atoms with van der Waals surface area (Å²) in [5.41, 5.74) is 3.12. The van der Waals surface area contributed by atoms with Gasteiger partial charge >= 0.3 is 5.97 Å². The van der Waals surface area contributed by atoms with Crippen LogP contribution in [-0.2, 0) is 16.2 Å². The van der Waals surface area contributed by atoms with E-state index in [9.17, 15) is 14.3 Å². The standard InChI is InChI=1S/C22H23FO4/c1-5-26-27-22(25)20-19(15(4)16-8-11-18(23)12-9-16)13-10-17(21(20)24)7-6-14(2)3/h6,8-13,24H,4-5,7H2,1-3H3. The molecule has 0 atom stereocenters. The molecule has 0 saturated carbocycles. The van der Waals surface area contributed by atoms with Crippen LogP contribution >= 0.6 is 0 Å². The summed E-state index contributed by atoms with van der Waals surface area (Å²) in [5, 5.41) is 10.7. The molecule has 0 aliphatic heterocycles. The van der Waals surface area contributed by atoms with Crippen LogP contribution in [0.2, 0.25) is 0 Å². The summed E-state index contributed by atoms with van der Waals surface area (Å²) in [6.07, 6.45) is 2.41. The average Bonchev–Trinajstić information content (AvgIpc) is 2.64. The van der Waals surface area contributed by atoms with Gasteiger partial charge in [-0.05, 0) is 56.0 Å². The molecule has 4 nitrogen and oxygen atoms in total. The van der Waals surface area contributed by atoms with Gasteiger partial charge in [-0.2, -0.15) is 4.89 Å². The molecule has 0 saturated heterocycles. The van der Waals surface area contributed by atoms with Crippen molar-refractivity contribution in [1.82, 2.24) is 0 Å². The quantitative estimate of drug-likeness (QED) is 0.413. The first-order valence-electron chi connectivity index (χ1n) is 8.62. The van der Waals surface area contributed by atoms with E-state index in [4.69, 9.17) is 9.78 Å². The predicted octanol–water partition coefficient (Wildman–Crippen LogP) is 5.21. The molecule has 0 unspecified atom stereocenters. The molecule has 2 rings (SSSR count). The number of carbonyl (C=O) groups excluding carboxylic acids is 1. The first kappa shape index (κ1) is 20.4. The van der Waals surface area contributed by atoms with Crippen LogP contribution in [0.3, 0.4) is 0 Å². The van der Waals surface area contributed by atoms with Crippen molar-refractivity contribution in [2.24, 2.45) is 0 Å². The fourth-order valence-corrected chi connectivity index (χ4v) is 2.53. The van der Waals surface area contributed by atoms with Crippen molar-refractivity contribution in [3.63, 3.8) is 0 Å². The second kappa shape index (κ2) is 9.14. The minimum absolute atomic E-state index is 0.0302. The monoisotopic (exact) mass is 370 g/mol. The van der Waals surface area contributed by atoms with E-state index in [1.165, 1.54) is 12.1 Å². The Morgan fingerprint density at radius 2 is 1.85 bits per heavy atom. The highest BCUT2D eigenvalue weighted by molar-refractivity contribution is 6.00. The largest absolute Gasteiger partial charge is 0.507 e. The van der Waals surface area contributed by atoms with Crippen molar-refractivity contribution >= 4 is 11.5 Å². The number of halogens is 1. The molecule has 2 aromatic rings. The number of allylic oxidation sites excluding steroid dienone is 2. The van der Waals surface area contributed by atoms with Crippen molar-refractivity contribution in [1.29, 1.82) is 0 Å². The highest BCUT2D eigenvalue weighted by atomic mass is 19.1. The summed E-state index contributed by atoms with van der Waals surface area (Å²) in [7, 11) is 0. The molecule has 0 aliphatic rings. The lowest BCUT2D eigenvalue weighted by Crippen LogP contribution is -2.10. The van der Waals surface area contributed by atoms with Crippen LogP contribution in [0.15, 0.2) is 54.6 Å². The Labute approximate surface area is 158 Å². The average molecular weight is 370 g/mol. The lowest BCUT2D eigenvalue weighted by Gasteiger charge is -2.15. The van der Waals surface area contributed by atoms with Gasteiger partial charge in [0.1, 0.15) is 17.1 Å². The summed E-state index contributed by atoms with van der Waals surface area (Å²) >= 11 is 0. The Kier molecular flexibility index (Phi) is 6.91. The fraction of sp³-hybridized carbons (Fsp3) is 0.227. The Hall–Kier alpha value is -2.92. The third kappa shape index (κ3) is 5.05. The Bertz CT molecular complexity index is 863. The smallest absolute Gasteiger partial charge is 0.377 e. The van der Waals surface area contributed by atoms with Gasteiger partial charge in [0.05, 0.1) is 6.61 Å².